The highest BCUT2D eigenvalue weighted by Crippen LogP contribution is 2.32. The van der Waals surface area contributed by atoms with Gasteiger partial charge in [-0.25, -0.2) is 0 Å². The molecule has 1 atom stereocenters. The summed E-state index contributed by atoms with van der Waals surface area (Å²) in [6.45, 7) is 0. The monoisotopic (exact) mass is 289 g/mol. The number of thiophene rings is 1. The van der Waals surface area contributed by atoms with Gasteiger partial charge in [0.15, 0.2) is 0 Å². The third-order valence-electron chi connectivity index (χ3n) is 3.88. The molecule has 0 aliphatic heterocycles. The Morgan fingerprint density at radius 3 is 2.24 bits per heavy atom. The van der Waals surface area contributed by atoms with Crippen LogP contribution in [0.2, 0.25) is 0 Å². The lowest BCUT2D eigenvalue weighted by atomic mass is 10.0. The van der Waals surface area contributed by atoms with Gasteiger partial charge < -0.3 is 5.73 Å². The van der Waals surface area contributed by atoms with E-state index in [2.05, 4.69) is 72.8 Å². The van der Waals surface area contributed by atoms with Gasteiger partial charge in [0.05, 0.1) is 6.04 Å². The molecule has 1 unspecified atom stereocenters. The molecule has 2 N–H and O–H groups in total. The van der Waals surface area contributed by atoms with Crippen LogP contribution in [0.1, 0.15) is 16.5 Å². The molecule has 2 heteroatoms. The molecule has 102 valence electrons. The molecule has 0 saturated heterocycles. The highest BCUT2D eigenvalue weighted by molar-refractivity contribution is 7.19. The van der Waals surface area contributed by atoms with E-state index in [0.717, 1.165) is 0 Å². The van der Waals surface area contributed by atoms with Gasteiger partial charge in [-0.2, -0.15) is 0 Å². The van der Waals surface area contributed by atoms with Crippen molar-refractivity contribution >= 4 is 32.2 Å². The Morgan fingerprint density at radius 1 is 0.714 bits per heavy atom. The van der Waals surface area contributed by atoms with Gasteiger partial charge in [0.1, 0.15) is 0 Å². The molecule has 0 bridgehead atoms. The summed E-state index contributed by atoms with van der Waals surface area (Å²) < 4.78 is 1.30. The van der Waals surface area contributed by atoms with Gasteiger partial charge in [-0.15, -0.1) is 11.3 Å². The van der Waals surface area contributed by atoms with Crippen molar-refractivity contribution in [3.63, 3.8) is 0 Å². The van der Waals surface area contributed by atoms with Crippen molar-refractivity contribution in [1.82, 2.24) is 0 Å². The standard InChI is InChI=1S/C19H15NS/c20-19(18-12-15-7-3-4-8-17(15)21-18)16-10-9-13-5-1-2-6-14(13)11-16/h1-12,19H,20H2. The van der Waals surface area contributed by atoms with Crippen LogP contribution in [0.15, 0.2) is 72.8 Å². The topological polar surface area (TPSA) is 26.0 Å². The highest BCUT2D eigenvalue weighted by Gasteiger charge is 2.12. The average molecular weight is 289 g/mol. The molecule has 1 heterocycles. The molecule has 0 radical (unpaired) electrons. The Kier molecular flexibility index (Phi) is 2.99. The molecule has 0 aliphatic carbocycles. The smallest absolute Gasteiger partial charge is 0.0646 e. The number of hydrogen-bond donors (Lipinski definition) is 1. The van der Waals surface area contributed by atoms with Crippen molar-refractivity contribution in [2.75, 3.05) is 0 Å². The van der Waals surface area contributed by atoms with Gasteiger partial charge in [0.25, 0.3) is 0 Å². The van der Waals surface area contributed by atoms with Gasteiger partial charge in [0.2, 0.25) is 0 Å². The predicted octanol–water partition coefficient (Wildman–Crippen LogP) is 5.10. The van der Waals surface area contributed by atoms with E-state index < -0.39 is 0 Å². The summed E-state index contributed by atoms with van der Waals surface area (Å²) in [5.41, 5.74) is 7.65. The summed E-state index contributed by atoms with van der Waals surface area (Å²) in [6.07, 6.45) is 0. The zero-order valence-electron chi connectivity index (χ0n) is 11.5. The minimum Gasteiger partial charge on any atom is -0.320 e. The van der Waals surface area contributed by atoms with Crippen molar-refractivity contribution < 1.29 is 0 Å². The molecular formula is C19H15NS. The van der Waals surface area contributed by atoms with Crippen molar-refractivity contribution in [2.24, 2.45) is 5.73 Å². The zero-order chi connectivity index (χ0) is 14.2. The minimum atomic E-state index is -0.0630. The second-order valence-corrected chi connectivity index (χ2v) is 6.39. The van der Waals surface area contributed by atoms with Crippen LogP contribution in [-0.4, -0.2) is 0 Å². The first-order valence-corrected chi connectivity index (χ1v) is 7.86. The first-order chi connectivity index (χ1) is 10.3. The molecule has 0 fully saturated rings. The van der Waals surface area contributed by atoms with Crippen LogP contribution in [0.5, 0.6) is 0 Å². The number of nitrogens with two attached hydrogens (primary N) is 1. The lowest BCUT2D eigenvalue weighted by Crippen LogP contribution is -2.09. The molecule has 0 aliphatic rings. The average Bonchev–Trinajstić information content (AvgIpc) is 2.97. The number of hydrogen-bond acceptors (Lipinski definition) is 2. The summed E-state index contributed by atoms with van der Waals surface area (Å²) in [5.74, 6) is 0. The largest absolute Gasteiger partial charge is 0.320 e. The normalized spacial score (nSPS) is 12.8. The first-order valence-electron chi connectivity index (χ1n) is 7.04. The van der Waals surface area contributed by atoms with Crippen molar-refractivity contribution in [1.29, 1.82) is 0 Å². The summed E-state index contributed by atoms with van der Waals surface area (Å²) in [7, 11) is 0. The Labute approximate surface area is 127 Å². The van der Waals surface area contributed by atoms with Crippen LogP contribution in [0.25, 0.3) is 20.9 Å². The van der Waals surface area contributed by atoms with Gasteiger partial charge >= 0.3 is 0 Å². The van der Waals surface area contributed by atoms with Gasteiger partial charge in [-0.05, 0) is 39.9 Å². The maximum Gasteiger partial charge on any atom is 0.0646 e. The molecular weight excluding hydrogens is 274 g/mol. The quantitative estimate of drug-likeness (QED) is 0.545. The number of benzene rings is 3. The van der Waals surface area contributed by atoms with E-state index in [1.165, 1.54) is 31.3 Å². The van der Waals surface area contributed by atoms with Crippen LogP contribution in [0.4, 0.5) is 0 Å². The summed E-state index contributed by atoms with van der Waals surface area (Å²) >= 11 is 1.78. The Hall–Kier alpha value is -2.16. The maximum atomic E-state index is 6.48. The zero-order valence-corrected chi connectivity index (χ0v) is 12.3. The van der Waals surface area contributed by atoms with E-state index in [9.17, 15) is 0 Å². The SMILES string of the molecule is NC(c1ccc2ccccc2c1)c1cc2ccccc2s1. The summed E-state index contributed by atoms with van der Waals surface area (Å²) in [5, 5.41) is 3.77. The highest BCUT2D eigenvalue weighted by atomic mass is 32.1. The van der Waals surface area contributed by atoms with Crippen LogP contribution in [0, 0.1) is 0 Å². The Balaban J connectivity index is 1.79. The van der Waals surface area contributed by atoms with Crippen LogP contribution < -0.4 is 5.73 Å². The van der Waals surface area contributed by atoms with E-state index in [0.29, 0.717) is 0 Å². The third kappa shape index (κ3) is 2.23. The first kappa shape index (κ1) is 12.6. The Morgan fingerprint density at radius 2 is 1.43 bits per heavy atom. The minimum absolute atomic E-state index is 0.0630. The summed E-state index contributed by atoms with van der Waals surface area (Å²) in [4.78, 5) is 1.21. The lowest BCUT2D eigenvalue weighted by molar-refractivity contribution is 0.896. The lowest BCUT2D eigenvalue weighted by Gasteiger charge is -2.11. The van der Waals surface area contributed by atoms with Gasteiger partial charge in [-0.1, -0.05) is 54.6 Å². The molecule has 4 aromatic rings. The number of rotatable bonds is 2. The second kappa shape index (κ2) is 4.99. The fraction of sp³-hybridized carbons (Fsp3) is 0.0526. The molecule has 4 rings (SSSR count). The second-order valence-electron chi connectivity index (χ2n) is 5.27. The van der Waals surface area contributed by atoms with Crippen LogP contribution in [0.3, 0.4) is 0 Å². The fourth-order valence-corrected chi connectivity index (χ4v) is 3.82. The van der Waals surface area contributed by atoms with E-state index in [1.807, 2.05) is 0 Å². The molecule has 0 amide bonds. The van der Waals surface area contributed by atoms with Gasteiger partial charge in [-0.3, -0.25) is 0 Å². The Bertz CT molecular complexity index is 890. The van der Waals surface area contributed by atoms with Crippen molar-refractivity contribution in [2.45, 2.75) is 6.04 Å². The van der Waals surface area contributed by atoms with Crippen molar-refractivity contribution in [3.05, 3.63) is 83.2 Å². The molecule has 1 aromatic heterocycles. The molecule has 21 heavy (non-hydrogen) atoms. The maximum absolute atomic E-state index is 6.48. The molecule has 1 nitrogen and oxygen atoms in total. The predicted molar refractivity (Wildman–Crippen MR) is 91.8 cm³/mol. The van der Waals surface area contributed by atoms with Crippen molar-refractivity contribution in [3.8, 4) is 0 Å². The fourth-order valence-electron chi connectivity index (χ4n) is 2.72. The van der Waals surface area contributed by atoms with E-state index in [1.54, 1.807) is 11.3 Å². The van der Waals surface area contributed by atoms with Crippen LogP contribution >= 0.6 is 11.3 Å². The van der Waals surface area contributed by atoms with Crippen LogP contribution in [-0.2, 0) is 0 Å². The van der Waals surface area contributed by atoms with Gasteiger partial charge in [0, 0.05) is 9.58 Å². The van der Waals surface area contributed by atoms with E-state index >= 15 is 0 Å². The summed E-state index contributed by atoms with van der Waals surface area (Å²) in [6, 6.07) is 25.5. The molecule has 0 spiro atoms. The van der Waals surface area contributed by atoms with E-state index in [-0.39, 0.29) is 6.04 Å². The third-order valence-corrected chi connectivity index (χ3v) is 5.08. The van der Waals surface area contributed by atoms with E-state index in [4.69, 9.17) is 5.73 Å². The molecule has 3 aromatic carbocycles. The number of fused-ring (bicyclic) bond motifs is 2. The molecule has 0 saturated carbocycles.